The quantitative estimate of drug-likeness (QED) is 0.490. The molecule has 0 aliphatic carbocycles. The number of hydrogen-bond acceptors (Lipinski definition) is 5. The van der Waals surface area contributed by atoms with Gasteiger partial charge in [-0.15, -0.1) is 10.2 Å². The number of rotatable bonds is 3. The highest BCUT2D eigenvalue weighted by Crippen LogP contribution is 2.42. The Bertz CT molecular complexity index is 1330. The van der Waals surface area contributed by atoms with E-state index in [0.29, 0.717) is 35.8 Å². The normalized spacial score (nSPS) is 22.2. The van der Waals surface area contributed by atoms with Crippen LogP contribution in [0.2, 0.25) is 0 Å². The molecule has 2 saturated heterocycles. The fourth-order valence-corrected chi connectivity index (χ4v) is 4.94. The van der Waals surface area contributed by atoms with Crippen molar-refractivity contribution in [3.05, 3.63) is 60.0 Å². The van der Waals surface area contributed by atoms with Crippen molar-refractivity contribution in [3.63, 3.8) is 0 Å². The molecule has 1 N–H and O–H groups in total. The molecule has 2 aliphatic heterocycles. The molecular formula is C22H18F4N6. The Kier molecular flexibility index (Phi) is 4.25. The standard InChI is InChI=1S/C22H18F4N6/c23-14-4-1-12-2-5-17(28-18(12)7-14)21-30-29-19-6-3-13(10-32(19)21)20(22(24,25)26)31-11-15-8-16(31)9-27-15/h1-7,10,15-16,20,27H,8-9,11H2/t15-,16-,20+/m0/s1. The first-order valence-electron chi connectivity index (χ1n) is 10.3. The summed E-state index contributed by atoms with van der Waals surface area (Å²) in [7, 11) is 0. The first-order chi connectivity index (χ1) is 15.4. The van der Waals surface area contributed by atoms with E-state index in [9.17, 15) is 17.6 Å². The first kappa shape index (κ1) is 19.6. The smallest absolute Gasteiger partial charge is 0.311 e. The van der Waals surface area contributed by atoms with E-state index in [1.807, 2.05) is 0 Å². The lowest BCUT2D eigenvalue weighted by atomic mass is 10.1. The number of nitrogens with zero attached hydrogens (tertiary/aromatic N) is 5. The van der Waals surface area contributed by atoms with Gasteiger partial charge >= 0.3 is 6.18 Å². The summed E-state index contributed by atoms with van der Waals surface area (Å²) in [6, 6.07) is 9.01. The first-order valence-corrected chi connectivity index (χ1v) is 10.3. The zero-order valence-electron chi connectivity index (χ0n) is 16.7. The zero-order chi connectivity index (χ0) is 22.0. The minimum absolute atomic E-state index is 0.0984. The maximum Gasteiger partial charge on any atom is 0.408 e. The van der Waals surface area contributed by atoms with Crippen LogP contribution in [0.25, 0.3) is 28.1 Å². The topological polar surface area (TPSA) is 58.4 Å². The van der Waals surface area contributed by atoms with Crippen LogP contribution in [0.15, 0.2) is 48.7 Å². The predicted octanol–water partition coefficient (Wildman–Crippen LogP) is 3.73. The maximum absolute atomic E-state index is 14.2. The van der Waals surface area contributed by atoms with E-state index in [1.54, 1.807) is 23.1 Å². The van der Waals surface area contributed by atoms with Crippen molar-refractivity contribution >= 4 is 16.6 Å². The SMILES string of the molecule is Fc1ccc2ccc(-c3nnc4ccc([C@@H](N5C[C@@H]6C[C@H]5CN6)C(F)(F)F)cn34)nc2c1. The summed E-state index contributed by atoms with van der Waals surface area (Å²) >= 11 is 0. The van der Waals surface area contributed by atoms with Crippen LogP contribution in [-0.4, -0.2) is 55.8 Å². The minimum Gasteiger partial charge on any atom is -0.311 e. The number of fused-ring (bicyclic) bond motifs is 4. The van der Waals surface area contributed by atoms with E-state index in [-0.39, 0.29) is 17.6 Å². The van der Waals surface area contributed by atoms with Crippen LogP contribution in [0.5, 0.6) is 0 Å². The van der Waals surface area contributed by atoms with Crippen molar-refractivity contribution in [2.75, 3.05) is 13.1 Å². The van der Waals surface area contributed by atoms with Crippen molar-refractivity contribution < 1.29 is 17.6 Å². The van der Waals surface area contributed by atoms with Gasteiger partial charge in [0.05, 0.1) is 5.52 Å². The Labute approximate surface area is 179 Å². The van der Waals surface area contributed by atoms with E-state index in [4.69, 9.17) is 0 Å². The largest absolute Gasteiger partial charge is 0.408 e. The van der Waals surface area contributed by atoms with E-state index < -0.39 is 18.0 Å². The average Bonchev–Trinajstić information content (AvgIpc) is 3.48. The second-order valence-corrected chi connectivity index (χ2v) is 8.38. The van der Waals surface area contributed by atoms with Gasteiger partial charge < -0.3 is 5.32 Å². The summed E-state index contributed by atoms with van der Waals surface area (Å²) in [5.74, 6) is -0.114. The summed E-state index contributed by atoms with van der Waals surface area (Å²) in [6.07, 6.45) is -2.25. The molecule has 2 bridgehead atoms. The molecular weight excluding hydrogens is 424 g/mol. The molecule has 6 rings (SSSR count). The fourth-order valence-electron chi connectivity index (χ4n) is 4.94. The Balaban J connectivity index is 1.45. The van der Waals surface area contributed by atoms with E-state index in [2.05, 4.69) is 20.5 Å². The number of halogens is 4. The highest BCUT2D eigenvalue weighted by Gasteiger charge is 2.51. The van der Waals surface area contributed by atoms with Crippen molar-refractivity contribution in [1.29, 1.82) is 0 Å². The van der Waals surface area contributed by atoms with Crippen LogP contribution in [-0.2, 0) is 0 Å². The number of nitrogens with one attached hydrogen (secondary N) is 1. The third-order valence-corrected chi connectivity index (χ3v) is 6.36. The molecule has 0 radical (unpaired) electrons. The maximum atomic E-state index is 14.2. The number of alkyl halides is 3. The van der Waals surface area contributed by atoms with Crippen LogP contribution >= 0.6 is 0 Å². The zero-order valence-corrected chi connectivity index (χ0v) is 16.7. The van der Waals surface area contributed by atoms with Gasteiger partial charge in [0.2, 0.25) is 0 Å². The number of piperazine rings is 1. The molecule has 0 spiro atoms. The van der Waals surface area contributed by atoms with Crippen LogP contribution in [0, 0.1) is 5.82 Å². The molecule has 32 heavy (non-hydrogen) atoms. The summed E-state index contributed by atoms with van der Waals surface area (Å²) in [4.78, 5) is 6.00. The molecule has 0 saturated carbocycles. The fraction of sp³-hybridized carbons (Fsp3) is 0.318. The molecule has 0 unspecified atom stereocenters. The van der Waals surface area contributed by atoms with Gasteiger partial charge in [-0.1, -0.05) is 12.1 Å². The molecule has 4 aromatic rings. The Morgan fingerprint density at radius 1 is 1.06 bits per heavy atom. The Morgan fingerprint density at radius 3 is 2.66 bits per heavy atom. The van der Waals surface area contributed by atoms with Gasteiger partial charge in [0.15, 0.2) is 11.5 Å². The van der Waals surface area contributed by atoms with Gasteiger partial charge in [-0.2, -0.15) is 13.2 Å². The monoisotopic (exact) mass is 442 g/mol. The van der Waals surface area contributed by atoms with Gasteiger partial charge in [-0.25, -0.2) is 9.37 Å². The number of benzene rings is 1. The lowest BCUT2D eigenvalue weighted by Gasteiger charge is -2.36. The van der Waals surface area contributed by atoms with Crippen molar-refractivity contribution in [2.24, 2.45) is 0 Å². The molecule has 6 nitrogen and oxygen atoms in total. The number of aromatic nitrogens is 4. The Hall–Kier alpha value is -3.11. The highest BCUT2D eigenvalue weighted by molar-refractivity contribution is 5.81. The summed E-state index contributed by atoms with van der Waals surface area (Å²) < 4.78 is 57.7. The molecule has 5 heterocycles. The van der Waals surface area contributed by atoms with Gasteiger partial charge in [0, 0.05) is 42.8 Å². The number of likely N-dealkylation sites (tertiary alicyclic amines) is 1. The minimum atomic E-state index is -4.43. The molecule has 0 amide bonds. The van der Waals surface area contributed by atoms with E-state index in [0.717, 1.165) is 11.8 Å². The van der Waals surface area contributed by atoms with Gasteiger partial charge in [-0.05, 0) is 36.2 Å². The lowest BCUT2D eigenvalue weighted by molar-refractivity contribution is -0.190. The predicted molar refractivity (Wildman–Crippen MR) is 109 cm³/mol. The van der Waals surface area contributed by atoms with Gasteiger partial charge in [-0.3, -0.25) is 9.30 Å². The van der Waals surface area contributed by atoms with Crippen molar-refractivity contribution in [2.45, 2.75) is 30.7 Å². The summed E-state index contributed by atoms with van der Waals surface area (Å²) in [6.45, 7) is 0.925. The molecule has 10 heteroatoms. The second kappa shape index (κ2) is 6.94. The van der Waals surface area contributed by atoms with Crippen LogP contribution < -0.4 is 5.32 Å². The molecule has 1 aromatic carbocycles. The van der Waals surface area contributed by atoms with Crippen molar-refractivity contribution in [3.8, 4) is 11.5 Å². The number of hydrogen-bond donors (Lipinski definition) is 1. The lowest BCUT2D eigenvalue weighted by Crippen LogP contribution is -2.49. The molecule has 164 valence electrons. The van der Waals surface area contributed by atoms with E-state index in [1.165, 1.54) is 34.9 Å². The molecule has 2 aliphatic rings. The van der Waals surface area contributed by atoms with Crippen molar-refractivity contribution in [1.82, 2.24) is 29.8 Å². The number of pyridine rings is 2. The summed E-state index contributed by atoms with van der Waals surface area (Å²) in [5.41, 5.74) is 1.38. The average molecular weight is 442 g/mol. The van der Waals surface area contributed by atoms with Crippen LogP contribution in [0.4, 0.5) is 17.6 Å². The van der Waals surface area contributed by atoms with Crippen LogP contribution in [0.3, 0.4) is 0 Å². The van der Waals surface area contributed by atoms with Crippen LogP contribution in [0.1, 0.15) is 18.0 Å². The second-order valence-electron chi connectivity index (χ2n) is 8.38. The summed E-state index contributed by atoms with van der Waals surface area (Å²) in [5, 5.41) is 12.2. The van der Waals surface area contributed by atoms with Gasteiger partial charge in [0.25, 0.3) is 0 Å². The molecule has 3 atom stereocenters. The highest BCUT2D eigenvalue weighted by atomic mass is 19.4. The van der Waals surface area contributed by atoms with Gasteiger partial charge in [0.1, 0.15) is 17.6 Å². The molecule has 2 fully saturated rings. The molecule has 3 aromatic heterocycles. The third-order valence-electron chi connectivity index (χ3n) is 6.36. The van der Waals surface area contributed by atoms with E-state index >= 15 is 0 Å². The third kappa shape index (κ3) is 3.13. The Morgan fingerprint density at radius 2 is 1.91 bits per heavy atom.